The number of nitrogens with zero attached hydrogens (tertiary/aromatic N) is 4. The summed E-state index contributed by atoms with van der Waals surface area (Å²) < 4.78 is 17.6. The van der Waals surface area contributed by atoms with Crippen LogP contribution in [0.3, 0.4) is 0 Å². The van der Waals surface area contributed by atoms with Crippen molar-refractivity contribution in [3.05, 3.63) is 44.3 Å². The van der Waals surface area contributed by atoms with Crippen LogP contribution < -0.4 is 5.73 Å². The maximum Gasteiger partial charge on any atom is 0.434 e. The van der Waals surface area contributed by atoms with Gasteiger partial charge in [0.1, 0.15) is 5.69 Å². The van der Waals surface area contributed by atoms with Crippen molar-refractivity contribution in [3.8, 4) is 11.6 Å². The van der Waals surface area contributed by atoms with E-state index in [1.54, 1.807) is 0 Å². The van der Waals surface area contributed by atoms with E-state index in [1.165, 1.54) is 17.5 Å². The predicted octanol–water partition coefficient (Wildman–Crippen LogP) is 3.21. The first kappa shape index (κ1) is 19.1. The Bertz CT molecular complexity index is 1290. The van der Waals surface area contributed by atoms with Gasteiger partial charge in [-0.1, -0.05) is 28.3 Å². The summed E-state index contributed by atoms with van der Waals surface area (Å²) in [6.45, 7) is 0. The van der Waals surface area contributed by atoms with Crippen molar-refractivity contribution in [3.63, 3.8) is 0 Å². The van der Waals surface area contributed by atoms with Crippen LogP contribution in [0.25, 0.3) is 22.5 Å². The third-order valence-corrected chi connectivity index (χ3v) is 6.17. The molecule has 0 saturated carbocycles. The minimum Gasteiger partial charge on any atom is -0.402 e. The molecule has 0 fully saturated rings. The molecule has 0 saturated heterocycles. The molecule has 14 heteroatoms. The van der Waals surface area contributed by atoms with E-state index in [4.69, 9.17) is 33.4 Å². The van der Waals surface area contributed by atoms with Crippen LogP contribution in [0.5, 0.6) is 0 Å². The highest BCUT2D eigenvalue weighted by atomic mass is 35.5. The van der Waals surface area contributed by atoms with Crippen LogP contribution in [-0.2, 0) is 4.57 Å². The molecule has 28 heavy (non-hydrogen) atoms. The highest BCUT2D eigenvalue weighted by Crippen LogP contribution is 2.44. The van der Waals surface area contributed by atoms with Crippen LogP contribution in [0.2, 0.25) is 10.0 Å². The predicted molar refractivity (Wildman–Crippen MR) is 103 cm³/mol. The zero-order chi connectivity index (χ0) is 20.2. The summed E-state index contributed by atoms with van der Waals surface area (Å²) in [5.74, 6) is -0.528. The molecule has 0 aliphatic heterocycles. The number of aromatic nitrogens is 4. The molecule has 4 aromatic rings. The first-order chi connectivity index (χ1) is 13.1. The number of fused-ring (bicyclic) bond motifs is 1. The van der Waals surface area contributed by atoms with Crippen LogP contribution in [0.4, 0.5) is 6.01 Å². The first-order valence-electron chi connectivity index (χ1n) is 7.31. The van der Waals surface area contributed by atoms with Crippen LogP contribution >= 0.6 is 42.3 Å². The number of rotatable bonds is 4. The smallest absolute Gasteiger partial charge is 0.402 e. The van der Waals surface area contributed by atoms with Crippen molar-refractivity contribution in [2.75, 3.05) is 5.73 Å². The van der Waals surface area contributed by atoms with E-state index in [-0.39, 0.29) is 49.1 Å². The average Bonchev–Trinajstić information content (AvgIpc) is 3.32. The number of ketones is 1. The molecule has 0 spiro atoms. The van der Waals surface area contributed by atoms with Gasteiger partial charge in [-0.2, -0.15) is 0 Å². The van der Waals surface area contributed by atoms with Crippen molar-refractivity contribution < 1.29 is 23.6 Å². The van der Waals surface area contributed by atoms with Gasteiger partial charge < -0.3 is 19.9 Å². The first-order valence-corrected chi connectivity index (χ1v) is 10.5. The molecule has 4 N–H and O–H groups in total. The summed E-state index contributed by atoms with van der Waals surface area (Å²) in [4.78, 5) is 36.3. The number of carbonyl (C=O) groups is 1. The Morgan fingerprint density at radius 2 is 1.96 bits per heavy atom. The van der Waals surface area contributed by atoms with Gasteiger partial charge in [-0.3, -0.25) is 9.13 Å². The number of nitrogens with two attached hydrogens (primary N) is 1. The van der Waals surface area contributed by atoms with E-state index in [0.29, 0.717) is 4.34 Å². The van der Waals surface area contributed by atoms with E-state index in [2.05, 4.69) is 15.2 Å². The molecule has 0 bridgehead atoms. The highest BCUT2D eigenvalue weighted by Gasteiger charge is 2.27. The van der Waals surface area contributed by atoms with Crippen molar-refractivity contribution in [1.29, 1.82) is 0 Å². The molecule has 3 heterocycles. The standard InChI is InChI=1S/C14H8Cl2N5O5PS/c15-7-1-5-6(3-21(27(23,24)25)10(5)2-8(7)16)11(22)13-18-9(4-28-13)12-19-20-14(17)26-12/h1-4H,(H2,17,20)(H2,23,24,25). The molecule has 4 rings (SSSR count). The van der Waals surface area contributed by atoms with Crippen LogP contribution in [0.15, 0.2) is 28.1 Å². The van der Waals surface area contributed by atoms with Gasteiger partial charge in [0.15, 0.2) is 5.01 Å². The normalized spacial score (nSPS) is 12.0. The van der Waals surface area contributed by atoms with Gasteiger partial charge in [0, 0.05) is 17.0 Å². The Hall–Kier alpha value is -2.27. The molecule has 0 aliphatic rings. The Balaban J connectivity index is 1.85. The Morgan fingerprint density at radius 1 is 1.25 bits per heavy atom. The highest BCUT2D eigenvalue weighted by molar-refractivity contribution is 7.50. The lowest BCUT2D eigenvalue weighted by molar-refractivity contribution is 0.104. The lowest BCUT2D eigenvalue weighted by Gasteiger charge is -2.06. The molecule has 0 aliphatic carbocycles. The fourth-order valence-electron chi connectivity index (χ4n) is 2.53. The molecular weight excluding hydrogens is 452 g/mol. The quantitative estimate of drug-likeness (QED) is 0.307. The Kier molecular flexibility index (Phi) is 4.53. The summed E-state index contributed by atoms with van der Waals surface area (Å²) >= 11 is 13.0. The third kappa shape index (κ3) is 3.22. The molecule has 0 amide bonds. The SMILES string of the molecule is Nc1nnc(-c2csc(C(=O)c3cn(P(=O)(O)O)c4cc(Cl)c(Cl)cc34)n2)o1. The fourth-order valence-corrected chi connectivity index (χ4v) is 4.31. The van der Waals surface area contributed by atoms with Crippen molar-refractivity contribution >= 4 is 65.0 Å². The Labute approximate surface area is 169 Å². The van der Waals surface area contributed by atoms with Gasteiger partial charge in [0.05, 0.1) is 21.1 Å². The van der Waals surface area contributed by atoms with E-state index in [1.807, 2.05) is 0 Å². The van der Waals surface area contributed by atoms with E-state index in [9.17, 15) is 19.1 Å². The second kappa shape index (κ2) is 6.66. The minimum atomic E-state index is -4.75. The zero-order valence-electron chi connectivity index (χ0n) is 13.4. The van der Waals surface area contributed by atoms with Crippen molar-refractivity contribution in [2.45, 2.75) is 0 Å². The number of halogens is 2. The molecule has 3 aromatic heterocycles. The van der Waals surface area contributed by atoms with Gasteiger partial charge >= 0.3 is 13.8 Å². The van der Waals surface area contributed by atoms with Gasteiger partial charge in [-0.15, -0.1) is 16.4 Å². The molecule has 0 atom stereocenters. The van der Waals surface area contributed by atoms with Gasteiger partial charge in [0.2, 0.25) is 5.78 Å². The summed E-state index contributed by atoms with van der Waals surface area (Å²) in [5.41, 5.74) is 5.69. The number of hydrogen-bond acceptors (Lipinski definition) is 8. The van der Waals surface area contributed by atoms with E-state index >= 15 is 0 Å². The molecular formula is C14H8Cl2N5O5PS. The number of benzene rings is 1. The van der Waals surface area contributed by atoms with Gasteiger partial charge in [-0.25, -0.2) is 9.55 Å². The number of carbonyl (C=O) groups excluding carboxylic acids is 1. The summed E-state index contributed by atoms with van der Waals surface area (Å²) in [6.07, 6.45) is 1.05. The summed E-state index contributed by atoms with van der Waals surface area (Å²) in [5, 5.41) is 9.22. The van der Waals surface area contributed by atoms with Gasteiger partial charge in [0.25, 0.3) is 5.89 Å². The number of anilines is 1. The molecule has 0 radical (unpaired) electrons. The molecule has 0 unspecified atom stereocenters. The summed E-state index contributed by atoms with van der Waals surface area (Å²) in [7, 11) is -4.75. The zero-order valence-corrected chi connectivity index (χ0v) is 16.6. The minimum absolute atomic E-state index is 0.00262. The number of thiazole rings is 1. The van der Waals surface area contributed by atoms with E-state index < -0.39 is 13.5 Å². The van der Waals surface area contributed by atoms with Crippen LogP contribution in [-0.4, -0.2) is 35.1 Å². The second-order valence-corrected chi connectivity index (χ2v) is 8.63. The third-order valence-electron chi connectivity index (χ3n) is 3.71. The van der Waals surface area contributed by atoms with Crippen LogP contribution in [0, 0.1) is 0 Å². The monoisotopic (exact) mass is 459 g/mol. The molecule has 10 nitrogen and oxygen atoms in total. The molecule has 1 aromatic carbocycles. The lowest BCUT2D eigenvalue weighted by atomic mass is 10.1. The van der Waals surface area contributed by atoms with Gasteiger partial charge in [-0.05, 0) is 12.1 Å². The number of nitrogen functional groups attached to an aromatic ring is 1. The fraction of sp³-hybridized carbons (Fsp3) is 0. The van der Waals surface area contributed by atoms with Crippen molar-refractivity contribution in [1.82, 2.24) is 19.5 Å². The maximum absolute atomic E-state index is 13.0. The summed E-state index contributed by atoms with van der Waals surface area (Å²) in [6, 6.07) is 2.50. The second-order valence-electron chi connectivity index (χ2n) is 5.50. The van der Waals surface area contributed by atoms with E-state index in [0.717, 1.165) is 17.5 Å². The maximum atomic E-state index is 13.0. The van der Waals surface area contributed by atoms with Crippen LogP contribution in [0.1, 0.15) is 15.4 Å². The lowest BCUT2D eigenvalue weighted by Crippen LogP contribution is -2.00. The topological polar surface area (TPSA) is 157 Å². The number of hydrogen-bond donors (Lipinski definition) is 3. The largest absolute Gasteiger partial charge is 0.434 e. The molecule has 144 valence electrons. The average molecular weight is 460 g/mol. The Morgan fingerprint density at radius 3 is 2.61 bits per heavy atom. The van der Waals surface area contributed by atoms with Crippen molar-refractivity contribution in [2.24, 2.45) is 0 Å².